The number of rotatable bonds is 5. The predicted octanol–water partition coefficient (Wildman–Crippen LogP) is 2.44. The van der Waals surface area contributed by atoms with Gasteiger partial charge in [0.15, 0.2) is 0 Å². The lowest BCUT2D eigenvalue weighted by atomic mass is 10.2. The van der Waals surface area contributed by atoms with Crippen molar-refractivity contribution >= 4 is 18.2 Å². The van der Waals surface area contributed by atoms with E-state index in [1.54, 1.807) is 35.3 Å². The first-order valence-electron chi connectivity index (χ1n) is 7.36. The van der Waals surface area contributed by atoms with Gasteiger partial charge >= 0.3 is 6.09 Å². The molecule has 1 fully saturated rings. The van der Waals surface area contributed by atoms with Gasteiger partial charge in [0.1, 0.15) is 5.60 Å². The van der Waals surface area contributed by atoms with Crippen LogP contribution in [-0.2, 0) is 9.53 Å². The molecule has 2 amide bonds. The zero-order chi connectivity index (χ0) is 16.4. The summed E-state index contributed by atoms with van der Waals surface area (Å²) in [6.45, 7) is 5.96. The Kier molecular flexibility index (Phi) is 4.39. The van der Waals surface area contributed by atoms with E-state index in [2.05, 4.69) is 4.98 Å². The van der Waals surface area contributed by atoms with Crippen molar-refractivity contribution in [3.63, 3.8) is 0 Å². The number of aromatic nitrogens is 1. The Morgan fingerprint density at radius 1 is 1.45 bits per heavy atom. The van der Waals surface area contributed by atoms with Gasteiger partial charge in [-0.3, -0.25) is 9.78 Å². The summed E-state index contributed by atoms with van der Waals surface area (Å²) in [7, 11) is 1.73. The first kappa shape index (κ1) is 16.3. The van der Waals surface area contributed by atoms with E-state index in [4.69, 9.17) is 4.74 Å². The summed E-state index contributed by atoms with van der Waals surface area (Å²) in [5.74, 6) is 0. The molecule has 0 aromatic carbocycles. The van der Waals surface area contributed by atoms with E-state index in [1.807, 2.05) is 26.8 Å². The van der Waals surface area contributed by atoms with Crippen molar-refractivity contribution in [2.75, 3.05) is 18.5 Å². The molecule has 1 saturated carbocycles. The standard InChI is InChI=1S/C16H23N3O3/c1-15(2,3)22-14(21)18(4)16(7-8-16)11-19(12-20)13-6-5-9-17-10-13/h5-6,9-10,12H,7-8,11H2,1-4H3. The van der Waals surface area contributed by atoms with E-state index >= 15 is 0 Å². The summed E-state index contributed by atoms with van der Waals surface area (Å²) < 4.78 is 5.41. The number of carbonyl (C=O) groups is 2. The van der Waals surface area contributed by atoms with Gasteiger partial charge in [-0.1, -0.05) is 0 Å². The molecule has 0 N–H and O–H groups in total. The number of hydrogen-bond acceptors (Lipinski definition) is 4. The molecule has 0 atom stereocenters. The van der Waals surface area contributed by atoms with Crippen molar-refractivity contribution in [1.29, 1.82) is 0 Å². The highest BCUT2D eigenvalue weighted by Gasteiger charge is 2.50. The van der Waals surface area contributed by atoms with Crippen LogP contribution in [0.1, 0.15) is 33.6 Å². The van der Waals surface area contributed by atoms with Crippen LogP contribution in [0.4, 0.5) is 10.5 Å². The Morgan fingerprint density at radius 3 is 2.59 bits per heavy atom. The molecule has 0 spiro atoms. The van der Waals surface area contributed by atoms with E-state index < -0.39 is 5.60 Å². The molecule has 1 aliphatic carbocycles. The molecule has 0 saturated heterocycles. The predicted molar refractivity (Wildman–Crippen MR) is 83.6 cm³/mol. The third kappa shape index (κ3) is 3.75. The van der Waals surface area contributed by atoms with Gasteiger partial charge in [-0.05, 0) is 45.7 Å². The molecule has 0 bridgehead atoms. The molecule has 1 aliphatic rings. The number of anilines is 1. The lowest BCUT2D eigenvalue weighted by Gasteiger charge is -2.33. The first-order chi connectivity index (χ1) is 10.3. The zero-order valence-corrected chi connectivity index (χ0v) is 13.6. The van der Waals surface area contributed by atoms with Gasteiger partial charge in [0.25, 0.3) is 0 Å². The van der Waals surface area contributed by atoms with E-state index in [0.717, 1.165) is 24.9 Å². The maximum Gasteiger partial charge on any atom is 0.410 e. The molecule has 6 nitrogen and oxygen atoms in total. The molecule has 0 aliphatic heterocycles. The molecule has 1 aromatic rings. The lowest BCUT2D eigenvalue weighted by Crippen LogP contribution is -2.48. The summed E-state index contributed by atoms with van der Waals surface area (Å²) in [5.41, 5.74) is -0.157. The highest BCUT2D eigenvalue weighted by atomic mass is 16.6. The Bertz CT molecular complexity index is 535. The number of ether oxygens (including phenoxy) is 1. The van der Waals surface area contributed by atoms with Crippen LogP contribution in [0.15, 0.2) is 24.5 Å². The molecule has 1 aromatic heterocycles. The van der Waals surface area contributed by atoms with Crippen molar-refractivity contribution in [2.24, 2.45) is 0 Å². The lowest BCUT2D eigenvalue weighted by molar-refractivity contribution is -0.107. The average molecular weight is 305 g/mol. The molecule has 2 rings (SSSR count). The third-order valence-corrected chi connectivity index (χ3v) is 3.78. The van der Waals surface area contributed by atoms with E-state index in [9.17, 15) is 9.59 Å². The average Bonchev–Trinajstić information content (AvgIpc) is 3.24. The number of likely N-dealkylation sites (N-methyl/N-ethyl adjacent to an activating group) is 1. The molecule has 1 heterocycles. The second-order valence-corrected chi connectivity index (χ2v) is 6.71. The van der Waals surface area contributed by atoms with E-state index in [-0.39, 0.29) is 11.6 Å². The number of hydrogen-bond donors (Lipinski definition) is 0. The summed E-state index contributed by atoms with van der Waals surface area (Å²) in [5, 5.41) is 0. The molecule has 0 unspecified atom stereocenters. The quantitative estimate of drug-likeness (QED) is 0.784. The summed E-state index contributed by atoms with van der Waals surface area (Å²) in [4.78, 5) is 30.9. The second-order valence-electron chi connectivity index (χ2n) is 6.71. The Labute approximate surface area is 131 Å². The molecular weight excluding hydrogens is 282 g/mol. The minimum absolute atomic E-state index is 0.348. The highest BCUT2D eigenvalue weighted by molar-refractivity contribution is 5.76. The van der Waals surface area contributed by atoms with Crippen LogP contribution < -0.4 is 4.90 Å². The normalized spacial score (nSPS) is 15.8. The summed E-state index contributed by atoms with van der Waals surface area (Å²) in [6.07, 6.45) is 5.42. The second kappa shape index (κ2) is 5.94. The fourth-order valence-electron chi connectivity index (χ4n) is 2.30. The minimum atomic E-state index is -0.533. The van der Waals surface area contributed by atoms with Crippen LogP contribution in [0, 0.1) is 0 Å². The van der Waals surface area contributed by atoms with Crippen molar-refractivity contribution in [2.45, 2.75) is 44.8 Å². The number of nitrogens with zero attached hydrogens (tertiary/aromatic N) is 3. The van der Waals surface area contributed by atoms with Gasteiger partial charge in [-0.2, -0.15) is 0 Å². The van der Waals surface area contributed by atoms with Crippen molar-refractivity contribution in [1.82, 2.24) is 9.88 Å². The van der Waals surface area contributed by atoms with Gasteiger partial charge < -0.3 is 14.5 Å². The van der Waals surface area contributed by atoms with Crippen molar-refractivity contribution < 1.29 is 14.3 Å². The minimum Gasteiger partial charge on any atom is -0.444 e. The van der Waals surface area contributed by atoms with Crippen LogP contribution in [0.25, 0.3) is 0 Å². The third-order valence-electron chi connectivity index (χ3n) is 3.78. The maximum atomic E-state index is 12.2. The zero-order valence-electron chi connectivity index (χ0n) is 13.6. The molecule has 6 heteroatoms. The summed E-state index contributed by atoms with van der Waals surface area (Å²) >= 11 is 0. The Morgan fingerprint density at radius 2 is 2.14 bits per heavy atom. The summed E-state index contributed by atoms with van der Waals surface area (Å²) in [6, 6.07) is 3.61. The smallest absolute Gasteiger partial charge is 0.410 e. The van der Waals surface area contributed by atoms with Crippen molar-refractivity contribution in [3.05, 3.63) is 24.5 Å². The molecular formula is C16H23N3O3. The fraction of sp³-hybridized carbons (Fsp3) is 0.562. The molecule has 22 heavy (non-hydrogen) atoms. The van der Waals surface area contributed by atoms with Crippen LogP contribution in [0.3, 0.4) is 0 Å². The highest BCUT2D eigenvalue weighted by Crippen LogP contribution is 2.42. The van der Waals surface area contributed by atoms with Gasteiger partial charge in [-0.25, -0.2) is 4.79 Å². The Balaban J connectivity index is 2.07. The Hall–Kier alpha value is -2.11. The number of carbonyl (C=O) groups excluding carboxylic acids is 2. The molecule has 0 radical (unpaired) electrons. The first-order valence-corrected chi connectivity index (χ1v) is 7.36. The number of pyridine rings is 1. The van der Waals surface area contributed by atoms with Crippen LogP contribution in [-0.4, -0.2) is 47.1 Å². The fourth-order valence-corrected chi connectivity index (χ4v) is 2.30. The van der Waals surface area contributed by atoms with Crippen molar-refractivity contribution in [3.8, 4) is 0 Å². The maximum absolute atomic E-state index is 12.2. The largest absolute Gasteiger partial charge is 0.444 e. The monoisotopic (exact) mass is 305 g/mol. The van der Waals surface area contributed by atoms with Crippen LogP contribution in [0.2, 0.25) is 0 Å². The van der Waals surface area contributed by atoms with Crippen LogP contribution in [0.5, 0.6) is 0 Å². The van der Waals surface area contributed by atoms with Gasteiger partial charge in [-0.15, -0.1) is 0 Å². The molecule has 120 valence electrons. The van der Waals surface area contributed by atoms with Gasteiger partial charge in [0.05, 0.1) is 17.4 Å². The SMILES string of the molecule is CN(C(=O)OC(C)(C)C)C1(CN(C=O)c2cccnc2)CC1. The van der Waals surface area contributed by atoms with E-state index in [1.165, 1.54) is 0 Å². The van der Waals surface area contributed by atoms with Gasteiger partial charge in [0.2, 0.25) is 6.41 Å². The topological polar surface area (TPSA) is 62.7 Å². The number of amides is 2. The van der Waals surface area contributed by atoms with E-state index in [0.29, 0.717) is 6.54 Å². The van der Waals surface area contributed by atoms with Crippen LogP contribution >= 0.6 is 0 Å². The van der Waals surface area contributed by atoms with Gasteiger partial charge in [0, 0.05) is 19.8 Å².